The molecule has 106 valence electrons. The summed E-state index contributed by atoms with van der Waals surface area (Å²) in [5.74, 6) is 0.192. The van der Waals surface area contributed by atoms with Crippen LogP contribution in [0.25, 0.3) is 0 Å². The van der Waals surface area contributed by atoms with Gasteiger partial charge in [-0.15, -0.1) is 0 Å². The number of hydrogen-bond acceptors (Lipinski definition) is 3. The lowest BCUT2D eigenvalue weighted by Gasteiger charge is -2.16. The molecule has 0 radical (unpaired) electrons. The topological polar surface area (TPSA) is 52.3 Å². The molecule has 0 saturated carbocycles. The van der Waals surface area contributed by atoms with Crippen molar-refractivity contribution in [3.05, 3.63) is 12.2 Å². The minimum atomic E-state index is -0.219. The molecule has 0 aromatic heterocycles. The molecule has 2 N–H and O–H groups in total. The molecule has 0 fully saturated rings. The maximum atomic E-state index is 11.8. The van der Waals surface area contributed by atoms with Crippen LogP contribution in [0, 0.1) is 11.8 Å². The fourth-order valence-electron chi connectivity index (χ4n) is 1.74. The van der Waals surface area contributed by atoms with Gasteiger partial charge in [0.1, 0.15) is 6.10 Å². The predicted octanol–water partition coefficient (Wildman–Crippen LogP) is 3.28. The molecule has 3 nitrogen and oxygen atoms in total. The number of carbonyl (C=O) groups is 1. The predicted molar refractivity (Wildman–Crippen MR) is 76.2 cm³/mol. The molecule has 0 amide bonds. The van der Waals surface area contributed by atoms with E-state index in [9.17, 15) is 4.79 Å². The normalized spacial score (nSPS) is 15.3. The van der Waals surface area contributed by atoms with E-state index in [2.05, 4.69) is 13.8 Å². The Morgan fingerprint density at radius 2 is 1.72 bits per heavy atom. The van der Waals surface area contributed by atoms with Gasteiger partial charge in [-0.25, -0.2) is 0 Å². The third-order valence-electron chi connectivity index (χ3n) is 2.96. The Balaban J connectivity index is 4.18. The average molecular weight is 255 g/mol. The number of ether oxygens (including phenoxy) is 1. The first-order chi connectivity index (χ1) is 8.40. The van der Waals surface area contributed by atoms with Crippen LogP contribution in [0.3, 0.4) is 0 Å². The van der Waals surface area contributed by atoms with Crippen molar-refractivity contribution in [1.82, 2.24) is 0 Å². The molecule has 0 aromatic carbocycles. The maximum absolute atomic E-state index is 11.8. The number of hydrogen-bond donors (Lipinski definition) is 1. The van der Waals surface area contributed by atoms with Crippen molar-refractivity contribution in [2.45, 2.75) is 66.0 Å². The zero-order valence-electron chi connectivity index (χ0n) is 12.5. The Hall–Kier alpha value is -0.830. The molecule has 0 bridgehead atoms. The van der Waals surface area contributed by atoms with E-state index in [1.165, 1.54) is 0 Å². The zero-order chi connectivity index (χ0) is 14.1. The van der Waals surface area contributed by atoms with E-state index in [1.807, 2.05) is 32.9 Å². The first kappa shape index (κ1) is 17.2. The molecule has 0 saturated heterocycles. The third kappa shape index (κ3) is 7.49. The smallest absolute Gasteiger partial charge is 0.312 e. The minimum Gasteiger partial charge on any atom is -0.462 e. The lowest BCUT2D eigenvalue weighted by molar-refractivity contribution is -0.152. The quantitative estimate of drug-likeness (QED) is 0.535. The van der Waals surface area contributed by atoms with Crippen LogP contribution < -0.4 is 5.73 Å². The van der Waals surface area contributed by atoms with Crippen molar-refractivity contribution in [3.8, 4) is 0 Å². The number of nitrogens with two attached hydrogens (primary N) is 1. The highest BCUT2D eigenvalue weighted by Crippen LogP contribution is 2.10. The van der Waals surface area contributed by atoms with E-state index < -0.39 is 0 Å². The molecule has 18 heavy (non-hydrogen) atoms. The van der Waals surface area contributed by atoms with Gasteiger partial charge in [0, 0.05) is 6.04 Å². The lowest BCUT2D eigenvalue weighted by atomic mass is 10.0. The molecule has 0 aliphatic rings. The Morgan fingerprint density at radius 1 is 1.17 bits per heavy atom. The van der Waals surface area contributed by atoms with Crippen LogP contribution >= 0.6 is 0 Å². The molecule has 0 aromatic rings. The van der Waals surface area contributed by atoms with Crippen LogP contribution in [-0.2, 0) is 9.53 Å². The van der Waals surface area contributed by atoms with Crippen molar-refractivity contribution in [2.75, 3.05) is 0 Å². The van der Waals surface area contributed by atoms with Crippen molar-refractivity contribution >= 4 is 5.97 Å². The largest absolute Gasteiger partial charge is 0.462 e. The summed E-state index contributed by atoms with van der Waals surface area (Å²) in [6.07, 6.45) is 6.48. The lowest BCUT2D eigenvalue weighted by Crippen LogP contribution is -2.22. The van der Waals surface area contributed by atoms with Crippen molar-refractivity contribution in [2.24, 2.45) is 17.6 Å². The Bertz CT molecular complexity index is 257. The molecule has 0 unspecified atom stereocenters. The van der Waals surface area contributed by atoms with Gasteiger partial charge in [-0.05, 0) is 32.1 Å². The van der Waals surface area contributed by atoms with Gasteiger partial charge in [-0.3, -0.25) is 4.79 Å². The molecule has 2 atom stereocenters. The van der Waals surface area contributed by atoms with E-state index in [4.69, 9.17) is 10.5 Å². The van der Waals surface area contributed by atoms with E-state index in [0.717, 1.165) is 19.3 Å². The summed E-state index contributed by atoms with van der Waals surface area (Å²) in [5, 5.41) is 0. The van der Waals surface area contributed by atoms with Crippen LogP contribution in [0.5, 0.6) is 0 Å². The number of esters is 1. The van der Waals surface area contributed by atoms with Crippen LogP contribution in [0.1, 0.15) is 53.9 Å². The summed E-state index contributed by atoms with van der Waals surface area (Å²) in [5.41, 5.74) is 5.94. The average Bonchev–Trinajstić information content (AvgIpc) is 2.31. The second-order valence-electron chi connectivity index (χ2n) is 5.34. The molecule has 3 heteroatoms. The molecule has 0 rings (SSSR count). The summed E-state index contributed by atoms with van der Waals surface area (Å²) in [6.45, 7) is 10.2. The van der Waals surface area contributed by atoms with E-state index >= 15 is 0 Å². The van der Waals surface area contributed by atoms with Gasteiger partial charge in [0.15, 0.2) is 0 Å². The highest BCUT2D eigenvalue weighted by atomic mass is 16.5. The highest BCUT2D eigenvalue weighted by molar-refractivity contribution is 5.74. The van der Waals surface area contributed by atoms with Gasteiger partial charge in [0.25, 0.3) is 0 Å². The molecule has 0 aliphatic carbocycles. The molecular weight excluding hydrogens is 226 g/mol. The first-order valence-corrected chi connectivity index (χ1v) is 7.05. The summed E-state index contributed by atoms with van der Waals surface area (Å²) < 4.78 is 5.39. The fraction of sp³-hybridized carbons (Fsp3) is 0.800. The highest BCUT2D eigenvalue weighted by Gasteiger charge is 2.15. The summed E-state index contributed by atoms with van der Waals surface area (Å²) in [7, 11) is 0. The second kappa shape index (κ2) is 9.15. The maximum Gasteiger partial charge on any atom is 0.312 e. The molecular formula is C15H29NO2. The first-order valence-electron chi connectivity index (χ1n) is 7.05. The van der Waals surface area contributed by atoms with Gasteiger partial charge in [-0.2, -0.15) is 0 Å². The third-order valence-corrected chi connectivity index (χ3v) is 2.96. The van der Waals surface area contributed by atoms with Crippen LogP contribution in [0.15, 0.2) is 12.2 Å². The zero-order valence-corrected chi connectivity index (χ0v) is 12.5. The van der Waals surface area contributed by atoms with Gasteiger partial charge in [0.2, 0.25) is 0 Å². The Kier molecular flexibility index (Phi) is 8.73. The van der Waals surface area contributed by atoms with Gasteiger partial charge >= 0.3 is 5.97 Å². The van der Waals surface area contributed by atoms with Crippen LogP contribution in [0.4, 0.5) is 0 Å². The summed E-state index contributed by atoms with van der Waals surface area (Å²) in [4.78, 5) is 11.8. The van der Waals surface area contributed by atoms with Gasteiger partial charge in [0.05, 0.1) is 5.92 Å². The monoisotopic (exact) mass is 255 g/mol. The molecule has 0 heterocycles. The van der Waals surface area contributed by atoms with Gasteiger partial charge in [-0.1, -0.05) is 39.8 Å². The van der Waals surface area contributed by atoms with E-state index in [-0.39, 0.29) is 24.0 Å². The summed E-state index contributed by atoms with van der Waals surface area (Å²) >= 11 is 0. The van der Waals surface area contributed by atoms with E-state index in [0.29, 0.717) is 5.92 Å². The van der Waals surface area contributed by atoms with E-state index in [1.54, 1.807) is 0 Å². The minimum absolute atomic E-state index is 0.0217. The molecule has 0 spiro atoms. The fourth-order valence-corrected chi connectivity index (χ4v) is 1.74. The number of rotatable bonds is 8. The van der Waals surface area contributed by atoms with Crippen molar-refractivity contribution in [1.29, 1.82) is 0 Å². The van der Waals surface area contributed by atoms with Crippen LogP contribution in [0.2, 0.25) is 0 Å². The number of carbonyl (C=O) groups excluding carboxylic acids is 1. The Labute approximate surface area is 112 Å². The van der Waals surface area contributed by atoms with Crippen molar-refractivity contribution in [3.63, 3.8) is 0 Å². The van der Waals surface area contributed by atoms with Crippen LogP contribution in [-0.4, -0.2) is 18.1 Å². The summed E-state index contributed by atoms with van der Waals surface area (Å²) in [6, 6.07) is 0.0217. The standard InChI is InChI=1S/C15H29NO2/c1-6-14(7-2)18-15(17)12(5)8-9-13(16)10-11(3)4/h8-9,11-14H,6-7,10,16H2,1-5H3/b9-8+/t12-,13+/m1/s1. The van der Waals surface area contributed by atoms with Gasteiger partial charge < -0.3 is 10.5 Å². The second-order valence-corrected chi connectivity index (χ2v) is 5.34. The van der Waals surface area contributed by atoms with Crippen molar-refractivity contribution < 1.29 is 9.53 Å². The molecule has 0 aliphatic heterocycles. The SMILES string of the molecule is CCC(CC)OC(=O)[C@H](C)/C=C/[C@H](N)CC(C)C. The Morgan fingerprint density at radius 3 is 2.17 bits per heavy atom.